The molecule has 2 heterocycles. The van der Waals surface area contributed by atoms with Crippen LogP contribution in [0.25, 0.3) is 10.9 Å². The Morgan fingerprint density at radius 1 is 0.865 bits per heavy atom. The van der Waals surface area contributed by atoms with E-state index in [1.54, 1.807) is 24.4 Å². The zero-order chi connectivity index (χ0) is 26.2. The fourth-order valence-corrected chi connectivity index (χ4v) is 4.94. The fraction of sp³-hybridized carbons (Fsp3) is 0.276. The van der Waals surface area contributed by atoms with Crippen LogP contribution in [0.15, 0.2) is 67.1 Å². The van der Waals surface area contributed by atoms with E-state index in [0.717, 1.165) is 25.7 Å². The standard InChI is InChI=1S/C29H29Cl2N3O3/c30-23-17-32-18-24(31)26(23)33-29(37)28(36)22-19-34(27-21(22)14-10-15-25(27)35)16-9-4-2-1-3-6-11-20-12-7-5-8-13-20/h5,7-8,10,12-15,17-19,35H,1-4,6,9,11,16H2,(H,32,33,37). The van der Waals surface area contributed by atoms with Crippen LogP contribution in [0.1, 0.15) is 54.4 Å². The maximum absolute atomic E-state index is 13.1. The molecule has 1 amide bonds. The Morgan fingerprint density at radius 3 is 2.27 bits per heavy atom. The number of amides is 1. The molecule has 2 aromatic carbocycles. The van der Waals surface area contributed by atoms with Crippen molar-refractivity contribution in [2.24, 2.45) is 0 Å². The lowest BCUT2D eigenvalue weighted by atomic mass is 10.0. The van der Waals surface area contributed by atoms with Crippen molar-refractivity contribution in [2.75, 3.05) is 5.32 Å². The molecule has 8 heteroatoms. The number of nitrogens with zero attached hydrogens (tertiary/aromatic N) is 2. The van der Waals surface area contributed by atoms with E-state index in [4.69, 9.17) is 23.2 Å². The monoisotopic (exact) mass is 537 g/mol. The molecule has 0 spiro atoms. The average Bonchev–Trinajstić information content (AvgIpc) is 3.27. The van der Waals surface area contributed by atoms with Gasteiger partial charge in [0.1, 0.15) is 5.75 Å². The number of aromatic nitrogens is 2. The van der Waals surface area contributed by atoms with Gasteiger partial charge in [0.05, 0.1) is 26.8 Å². The van der Waals surface area contributed by atoms with Crippen molar-refractivity contribution in [1.29, 1.82) is 0 Å². The van der Waals surface area contributed by atoms with Gasteiger partial charge >= 0.3 is 0 Å². The molecule has 2 N–H and O–H groups in total. The predicted molar refractivity (Wildman–Crippen MR) is 149 cm³/mol. The van der Waals surface area contributed by atoms with Crippen molar-refractivity contribution in [3.8, 4) is 5.75 Å². The van der Waals surface area contributed by atoms with Crippen LogP contribution in [0.5, 0.6) is 5.75 Å². The molecule has 192 valence electrons. The number of carbonyl (C=O) groups is 2. The number of aryl methyl sites for hydroxylation is 2. The molecule has 0 aliphatic carbocycles. The van der Waals surface area contributed by atoms with Crippen LogP contribution in [0, 0.1) is 0 Å². The molecule has 4 rings (SSSR count). The highest BCUT2D eigenvalue weighted by Crippen LogP contribution is 2.32. The summed E-state index contributed by atoms with van der Waals surface area (Å²) in [5, 5.41) is 13.8. The highest BCUT2D eigenvalue weighted by molar-refractivity contribution is 6.50. The number of halogens is 2. The zero-order valence-corrected chi connectivity index (χ0v) is 21.9. The van der Waals surface area contributed by atoms with E-state index in [0.29, 0.717) is 17.4 Å². The van der Waals surface area contributed by atoms with Gasteiger partial charge in [-0.25, -0.2) is 0 Å². The van der Waals surface area contributed by atoms with Gasteiger partial charge in [-0.2, -0.15) is 0 Å². The lowest BCUT2D eigenvalue weighted by Crippen LogP contribution is -2.23. The second-order valence-electron chi connectivity index (χ2n) is 9.03. The molecular weight excluding hydrogens is 509 g/mol. The average molecular weight is 538 g/mol. The third-order valence-electron chi connectivity index (χ3n) is 6.38. The Morgan fingerprint density at radius 2 is 1.54 bits per heavy atom. The van der Waals surface area contributed by atoms with Crippen molar-refractivity contribution in [3.05, 3.63) is 88.3 Å². The first-order valence-corrected chi connectivity index (χ1v) is 13.2. The van der Waals surface area contributed by atoms with E-state index in [-0.39, 0.29) is 27.0 Å². The molecule has 0 radical (unpaired) electrons. The quantitative estimate of drug-likeness (QED) is 0.111. The molecule has 0 bridgehead atoms. The van der Waals surface area contributed by atoms with Crippen LogP contribution < -0.4 is 5.32 Å². The summed E-state index contributed by atoms with van der Waals surface area (Å²) >= 11 is 12.1. The summed E-state index contributed by atoms with van der Waals surface area (Å²) in [7, 11) is 0. The SMILES string of the molecule is O=C(Nc1c(Cl)cncc1Cl)C(=O)c1cn(CCCCCCCCc2ccccc2)c2c(O)cccc12. The van der Waals surface area contributed by atoms with Crippen LogP contribution in [0.3, 0.4) is 0 Å². The summed E-state index contributed by atoms with van der Waals surface area (Å²) in [6, 6.07) is 15.5. The van der Waals surface area contributed by atoms with Gasteiger partial charge in [0.25, 0.3) is 11.7 Å². The normalized spacial score (nSPS) is 11.1. The Hall–Kier alpha value is -3.35. The zero-order valence-electron chi connectivity index (χ0n) is 20.4. The number of aromatic hydroxyl groups is 1. The first-order valence-electron chi connectivity index (χ1n) is 12.4. The van der Waals surface area contributed by atoms with Crippen molar-refractivity contribution in [2.45, 2.75) is 51.5 Å². The molecule has 0 aliphatic heterocycles. The Bertz CT molecular complexity index is 1370. The number of Topliss-reactive ketones (excluding diaryl/α,β-unsaturated/α-hetero) is 1. The number of anilines is 1. The first-order chi connectivity index (χ1) is 18.0. The van der Waals surface area contributed by atoms with Crippen LogP contribution in [-0.2, 0) is 17.8 Å². The number of benzene rings is 2. The number of hydrogen-bond acceptors (Lipinski definition) is 4. The molecule has 2 aromatic heterocycles. The molecule has 0 fully saturated rings. The third kappa shape index (κ3) is 6.70. The second-order valence-corrected chi connectivity index (χ2v) is 9.84. The molecular formula is C29H29Cl2N3O3. The number of hydrogen-bond donors (Lipinski definition) is 2. The van der Waals surface area contributed by atoms with E-state index in [1.165, 1.54) is 37.2 Å². The Labute approximate surface area is 226 Å². The predicted octanol–water partition coefficient (Wildman–Crippen LogP) is 7.45. The van der Waals surface area contributed by atoms with Crippen LogP contribution in [0.2, 0.25) is 10.0 Å². The van der Waals surface area contributed by atoms with Crippen LogP contribution >= 0.6 is 23.2 Å². The lowest BCUT2D eigenvalue weighted by Gasteiger charge is -2.07. The minimum absolute atomic E-state index is 0.0677. The van der Waals surface area contributed by atoms with Crippen molar-refractivity contribution in [3.63, 3.8) is 0 Å². The van der Waals surface area contributed by atoms with E-state index in [2.05, 4.69) is 34.6 Å². The molecule has 4 aromatic rings. The van der Waals surface area contributed by atoms with Crippen LogP contribution in [-0.4, -0.2) is 26.3 Å². The summed E-state index contributed by atoms with van der Waals surface area (Å²) in [5.41, 5.74) is 2.27. The maximum atomic E-state index is 13.1. The van der Waals surface area contributed by atoms with Crippen molar-refractivity contribution >= 4 is 51.5 Å². The van der Waals surface area contributed by atoms with Gasteiger partial charge in [-0.05, 0) is 30.9 Å². The number of rotatable bonds is 12. The number of carbonyl (C=O) groups excluding carboxylic acids is 2. The molecule has 0 aliphatic rings. The highest BCUT2D eigenvalue weighted by Gasteiger charge is 2.24. The number of fused-ring (bicyclic) bond motifs is 1. The summed E-state index contributed by atoms with van der Waals surface area (Å²) in [6.45, 7) is 0.634. The molecule has 0 saturated heterocycles. The number of pyridine rings is 1. The van der Waals surface area contributed by atoms with Gasteiger partial charge in [-0.15, -0.1) is 0 Å². The number of para-hydroxylation sites is 1. The molecule has 6 nitrogen and oxygen atoms in total. The van der Waals surface area contributed by atoms with E-state index in [1.807, 2.05) is 10.6 Å². The second kappa shape index (κ2) is 12.7. The number of phenolic OH excluding ortho intramolecular Hbond substituents is 1. The van der Waals surface area contributed by atoms with Gasteiger partial charge < -0.3 is 15.0 Å². The molecule has 0 atom stereocenters. The minimum atomic E-state index is -0.868. The topological polar surface area (TPSA) is 84.2 Å². The van der Waals surface area contributed by atoms with Crippen molar-refractivity contribution in [1.82, 2.24) is 9.55 Å². The summed E-state index contributed by atoms with van der Waals surface area (Å²) < 4.78 is 1.85. The van der Waals surface area contributed by atoms with E-state index < -0.39 is 11.7 Å². The summed E-state index contributed by atoms with van der Waals surface area (Å²) in [5.74, 6) is -1.54. The Kier molecular flexibility index (Phi) is 9.20. The van der Waals surface area contributed by atoms with E-state index in [9.17, 15) is 14.7 Å². The largest absolute Gasteiger partial charge is 0.506 e. The third-order valence-corrected chi connectivity index (χ3v) is 6.95. The first kappa shape index (κ1) is 26.7. The number of ketones is 1. The van der Waals surface area contributed by atoms with Crippen LogP contribution in [0.4, 0.5) is 5.69 Å². The minimum Gasteiger partial charge on any atom is -0.506 e. The lowest BCUT2D eigenvalue weighted by molar-refractivity contribution is -0.112. The van der Waals surface area contributed by atoms with Crippen molar-refractivity contribution < 1.29 is 14.7 Å². The number of phenols is 1. The summed E-state index contributed by atoms with van der Waals surface area (Å²) in [6.07, 6.45) is 12.0. The van der Waals surface area contributed by atoms with Gasteiger partial charge in [0.2, 0.25) is 0 Å². The molecule has 0 saturated carbocycles. The van der Waals surface area contributed by atoms with Gasteiger partial charge in [0, 0.05) is 30.5 Å². The van der Waals surface area contributed by atoms with E-state index >= 15 is 0 Å². The smallest absolute Gasteiger partial charge is 0.296 e. The Balaban J connectivity index is 1.35. The van der Waals surface area contributed by atoms with Gasteiger partial charge in [0.15, 0.2) is 0 Å². The fourth-order valence-electron chi connectivity index (χ4n) is 4.48. The molecule has 0 unspecified atom stereocenters. The number of unbranched alkanes of at least 4 members (excludes halogenated alkanes) is 5. The number of nitrogens with one attached hydrogen (secondary N) is 1. The highest BCUT2D eigenvalue weighted by atomic mass is 35.5. The summed E-state index contributed by atoms with van der Waals surface area (Å²) in [4.78, 5) is 29.7. The maximum Gasteiger partial charge on any atom is 0.296 e. The molecule has 37 heavy (non-hydrogen) atoms. The van der Waals surface area contributed by atoms with Gasteiger partial charge in [-0.1, -0.05) is 91.3 Å². The van der Waals surface area contributed by atoms with Gasteiger partial charge in [-0.3, -0.25) is 14.6 Å².